The van der Waals surface area contributed by atoms with Crippen LogP contribution in [0.1, 0.15) is 29.6 Å². The van der Waals surface area contributed by atoms with Gasteiger partial charge in [-0.1, -0.05) is 18.2 Å². The highest BCUT2D eigenvalue weighted by molar-refractivity contribution is 6.07. The number of carbonyl (C=O) groups excluding carboxylic acids is 1. The minimum atomic E-state index is -0.901. The van der Waals surface area contributed by atoms with Gasteiger partial charge in [-0.05, 0) is 18.9 Å². The van der Waals surface area contributed by atoms with Gasteiger partial charge in [-0.2, -0.15) is 0 Å². The average molecular weight is 374 g/mol. The van der Waals surface area contributed by atoms with E-state index in [-0.39, 0.29) is 24.9 Å². The van der Waals surface area contributed by atoms with Crippen LogP contribution in [0.4, 0.5) is 0 Å². The highest BCUT2D eigenvalue weighted by atomic mass is 16.5. The number of aliphatic carboxylic acids is 1. The van der Waals surface area contributed by atoms with Gasteiger partial charge in [0.05, 0.1) is 18.6 Å². The number of para-hydroxylation sites is 1. The van der Waals surface area contributed by atoms with Crippen molar-refractivity contribution in [3.63, 3.8) is 0 Å². The fourth-order valence-corrected chi connectivity index (χ4v) is 3.61. The van der Waals surface area contributed by atoms with Crippen molar-refractivity contribution >= 4 is 22.8 Å². The molecule has 0 atom stereocenters. The molecule has 3 rings (SSSR count). The van der Waals surface area contributed by atoms with Crippen molar-refractivity contribution < 1.29 is 24.2 Å². The number of carboxylic acids is 1. The Kier molecular flexibility index (Phi) is 6.47. The van der Waals surface area contributed by atoms with E-state index in [0.29, 0.717) is 31.9 Å². The third-order valence-electron chi connectivity index (χ3n) is 5.01. The molecule has 2 aromatic rings. The molecular formula is C20H26N2O5. The zero-order valence-electron chi connectivity index (χ0n) is 15.6. The molecule has 1 aromatic heterocycles. The Balaban J connectivity index is 1.93. The molecule has 1 saturated heterocycles. The lowest BCUT2D eigenvalue weighted by molar-refractivity contribution is -0.137. The first-order chi connectivity index (χ1) is 13.1. The topological polar surface area (TPSA) is 81.0 Å². The predicted octanol–water partition coefficient (Wildman–Crippen LogP) is 2.38. The number of amides is 1. The Hall–Kier alpha value is -2.38. The van der Waals surface area contributed by atoms with Gasteiger partial charge in [0, 0.05) is 56.6 Å². The average Bonchev–Trinajstić information content (AvgIpc) is 3.06. The van der Waals surface area contributed by atoms with Crippen molar-refractivity contribution in [2.45, 2.75) is 31.8 Å². The molecule has 7 nitrogen and oxygen atoms in total. The van der Waals surface area contributed by atoms with E-state index in [1.165, 1.54) is 0 Å². The van der Waals surface area contributed by atoms with Gasteiger partial charge in [0.1, 0.15) is 0 Å². The summed E-state index contributed by atoms with van der Waals surface area (Å²) in [5, 5.41) is 9.99. The van der Waals surface area contributed by atoms with Crippen LogP contribution in [0.15, 0.2) is 30.5 Å². The summed E-state index contributed by atoms with van der Waals surface area (Å²) in [5.74, 6) is -1.02. The van der Waals surface area contributed by atoms with Crippen molar-refractivity contribution in [2.24, 2.45) is 0 Å². The molecular weight excluding hydrogens is 348 g/mol. The van der Waals surface area contributed by atoms with E-state index < -0.39 is 5.97 Å². The van der Waals surface area contributed by atoms with Gasteiger partial charge in [0.2, 0.25) is 0 Å². The second-order valence-electron chi connectivity index (χ2n) is 6.73. The largest absolute Gasteiger partial charge is 0.481 e. The Morgan fingerprint density at radius 1 is 1.30 bits per heavy atom. The number of hydrogen-bond donors (Lipinski definition) is 1. The van der Waals surface area contributed by atoms with Crippen LogP contribution in [0.3, 0.4) is 0 Å². The quantitative estimate of drug-likeness (QED) is 0.767. The van der Waals surface area contributed by atoms with Crippen LogP contribution in [0.5, 0.6) is 0 Å². The summed E-state index contributed by atoms with van der Waals surface area (Å²) in [6, 6.07) is 7.78. The van der Waals surface area contributed by atoms with Crippen molar-refractivity contribution in [3.05, 3.63) is 36.0 Å². The summed E-state index contributed by atoms with van der Waals surface area (Å²) in [7, 11) is 1.65. The minimum absolute atomic E-state index is 0.00619. The standard InChI is InChI=1S/C20H26N2O5/c1-26-13-10-21-14-17(16-4-2-3-5-18(16)21)20(25)22(9-6-19(23)24)15-7-11-27-12-8-15/h2-5,14-15H,6-13H2,1H3,(H,23,24). The zero-order valence-corrected chi connectivity index (χ0v) is 15.6. The molecule has 0 spiro atoms. The van der Waals surface area contributed by atoms with Gasteiger partial charge in [-0.3, -0.25) is 9.59 Å². The molecule has 1 aromatic carbocycles. The fraction of sp³-hybridized carbons (Fsp3) is 0.500. The first kappa shape index (κ1) is 19.4. The smallest absolute Gasteiger partial charge is 0.305 e. The summed E-state index contributed by atoms with van der Waals surface area (Å²) in [6.45, 7) is 2.59. The molecule has 7 heteroatoms. The first-order valence-corrected chi connectivity index (χ1v) is 9.29. The predicted molar refractivity (Wildman–Crippen MR) is 101 cm³/mol. The maximum Gasteiger partial charge on any atom is 0.305 e. The molecule has 0 bridgehead atoms. The lowest BCUT2D eigenvalue weighted by Gasteiger charge is -2.34. The molecule has 1 amide bonds. The van der Waals surface area contributed by atoms with E-state index in [1.54, 1.807) is 12.0 Å². The van der Waals surface area contributed by atoms with Crippen LogP contribution in [-0.4, -0.2) is 66.0 Å². The van der Waals surface area contributed by atoms with E-state index in [2.05, 4.69) is 0 Å². The third kappa shape index (κ3) is 4.48. The Morgan fingerprint density at radius 2 is 2.04 bits per heavy atom. The number of ether oxygens (including phenoxy) is 2. The van der Waals surface area contributed by atoms with Crippen LogP contribution in [0.25, 0.3) is 10.9 Å². The van der Waals surface area contributed by atoms with Gasteiger partial charge in [-0.25, -0.2) is 0 Å². The maximum absolute atomic E-state index is 13.4. The van der Waals surface area contributed by atoms with Crippen molar-refractivity contribution in [2.75, 3.05) is 33.5 Å². The molecule has 146 valence electrons. The van der Waals surface area contributed by atoms with E-state index in [9.17, 15) is 9.59 Å². The van der Waals surface area contributed by atoms with Crippen LogP contribution >= 0.6 is 0 Å². The molecule has 1 N–H and O–H groups in total. The summed E-state index contributed by atoms with van der Waals surface area (Å²) in [6.07, 6.45) is 3.26. The number of carboxylic acid groups (broad SMARTS) is 1. The molecule has 2 heterocycles. The first-order valence-electron chi connectivity index (χ1n) is 9.29. The zero-order chi connectivity index (χ0) is 19.2. The van der Waals surface area contributed by atoms with Gasteiger partial charge in [0.25, 0.3) is 5.91 Å². The Morgan fingerprint density at radius 3 is 2.74 bits per heavy atom. The second kappa shape index (κ2) is 9.01. The number of methoxy groups -OCH3 is 1. The number of hydrogen-bond acceptors (Lipinski definition) is 4. The summed E-state index contributed by atoms with van der Waals surface area (Å²) < 4.78 is 12.6. The number of benzene rings is 1. The maximum atomic E-state index is 13.4. The summed E-state index contributed by atoms with van der Waals surface area (Å²) in [5.41, 5.74) is 1.58. The van der Waals surface area contributed by atoms with Crippen LogP contribution < -0.4 is 0 Å². The van der Waals surface area contributed by atoms with Crippen molar-refractivity contribution in [3.8, 4) is 0 Å². The van der Waals surface area contributed by atoms with E-state index in [4.69, 9.17) is 14.6 Å². The Labute approximate surface area is 158 Å². The number of rotatable bonds is 8. The summed E-state index contributed by atoms with van der Waals surface area (Å²) >= 11 is 0. The molecule has 0 saturated carbocycles. The van der Waals surface area contributed by atoms with Gasteiger partial charge in [0.15, 0.2) is 0 Å². The monoisotopic (exact) mass is 374 g/mol. The minimum Gasteiger partial charge on any atom is -0.481 e. The highest BCUT2D eigenvalue weighted by Gasteiger charge is 2.29. The molecule has 1 aliphatic rings. The highest BCUT2D eigenvalue weighted by Crippen LogP contribution is 2.25. The number of nitrogens with zero attached hydrogens (tertiary/aromatic N) is 2. The molecule has 0 aliphatic carbocycles. The van der Waals surface area contributed by atoms with E-state index in [0.717, 1.165) is 23.7 Å². The summed E-state index contributed by atoms with van der Waals surface area (Å²) in [4.78, 5) is 26.2. The molecule has 0 radical (unpaired) electrons. The molecule has 1 aliphatic heterocycles. The normalized spacial score (nSPS) is 15.1. The second-order valence-corrected chi connectivity index (χ2v) is 6.73. The van der Waals surface area contributed by atoms with E-state index in [1.807, 2.05) is 35.0 Å². The van der Waals surface area contributed by atoms with Gasteiger partial charge < -0.3 is 24.0 Å². The van der Waals surface area contributed by atoms with Gasteiger partial charge >= 0.3 is 5.97 Å². The number of aromatic nitrogens is 1. The number of carbonyl (C=O) groups is 2. The molecule has 27 heavy (non-hydrogen) atoms. The van der Waals surface area contributed by atoms with E-state index >= 15 is 0 Å². The van der Waals surface area contributed by atoms with Gasteiger partial charge in [-0.15, -0.1) is 0 Å². The van der Waals surface area contributed by atoms with Crippen molar-refractivity contribution in [1.29, 1.82) is 0 Å². The molecule has 1 fully saturated rings. The Bertz CT molecular complexity index is 795. The fourth-order valence-electron chi connectivity index (χ4n) is 3.61. The SMILES string of the molecule is COCCn1cc(C(=O)N(CCC(=O)O)C2CCOCC2)c2ccccc21. The van der Waals surface area contributed by atoms with Crippen molar-refractivity contribution in [1.82, 2.24) is 9.47 Å². The lowest BCUT2D eigenvalue weighted by atomic mass is 10.0. The molecule has 0 unspecified atom stereocenters. The number of fused-ring (bicyclic) bond motifs is 1. The van der Waals surface area contributed by atoms with Crippen LogP contribution in [-0.2, 0) is 20.8 Å². The van der Waals surface area contributed by atoms with Crippen LogP contribution in [0, 0.1) is 0 Å². The third-order valence-corrected chi connectivity index (χ3v) is 5.01. The van der Waals surface area contributed by atoms with Crippen LogP contribution in [0.2, 0.25) is 0 Å². The lowest BCUT2D eigenvalue weighted by Crippen LogP contribution is -2.44.